The van der Waals surface area contributed by atoms with E-state index in [-0.39, 0.29) is 0 Å². The van der Waals surface area contributed by atoms with Crippen LogP contribution in [0.15, 0.2) is 21.8 Å². The van der Waals surface area contributed by atoms with E-state index < -0.39 is 0 Å². The Kier molecular flexibility index (Phi) is 6.67. The molecule has 0 aliphatic rings. The molecule has 0 aliphatic carbocycles. The summed E-state index contributed by atoms with van der Waals surface area (Å²) in [5, 5.41) is 0. The maximum Gasteiger partial charge on any atom is 0.142 e. The lowest BCUT2D eigenvalue weighted by Gasteiger charge is -2.18. The summed E-state index contributed by atoms with van der Waals surface area (Å²) in [7, 11) is 3.83. The van der Waals surface area contributed by atoms with Crippen LogP contribution in [0.3, 0.4) is 0 Å². The van der Waals surface area contributed by atoms with Crippen molar-refractivity contribution in [2.45, 2.75) is 27.7 Å². The monoisotopic (exact) mass is 209 g/mol. The summed E-state index contributed by atoms with van der Waals surface area (Å²) in [5.41, 5.74) is 1.23. The van der Waals surface area contributed by atoms with Gasteiger partial charge >= 0.3 is 0 Å². The van der Waals surface area contributed by atoms with Crippen LogP contribution >= 0.6 is 0 Å². The highest BCUT2D eigenvalue weighted by atomic mass is 15.1. The summed E-state index contributed by atoms with van der Waals surface area (Å²) in [6.45, 7) is 9.09. The van der Waals surface area contributed by atoms with Crippen molar-refractivity contribution < 1.29 is 0 Å². The Balaban J connectivity index is 4.36. The standard InChI is InChI=1S/C12H23N3/c1-7-11(4)15(6)9-12(13-5)14-8-10(2)3/h7-8,10H,9H2,1-6H3/b11-7-,13-12?,14-8?. The first-order chi connectivity index (χ1) is 7.01. The van der Waals surface area contributed by atoms with E-state index in [1.807, 2.05) is 20.2 Å². The summed E-state index contributed by atoms with van der Waals surface area (Å²) in [5.74, 6) is 1.34. The van der Waals surface area contributed by atoms with Gasteiger partial charge in [0, 0.05) is 26.0 Å². The average molecular weight is 209 g/mol. The van der Waals surface area contributed by atoms with E-state index in [1.165, 1.54) is 5.70 Å². The first-order valence-electron chi connectivity index (χ1n) is 5.35. The van der Waals surface area contributed by atoms with Crippen LogP contribution < -0.4 is 0 Å². The van der Waals surface area contributed by atoms with Gasteiger partial charge in [0.15, 0.2) is 0 Å². The fraction of sp³-hybridized carbons (Fsp3) is 0.667. The van der Waals surface area contributed by atoms with E-state index in [1.54, 1.807) is 7.05 Å². The molecule has 0 atom stereocenters. The zero-order valence-corrected chi connectivity index (χ0v) is 10.8. The molecule has 86 valence electrons. The predicted octanol–water partition coefficient (Wildman–Crippen LogP) is 2.60. The average Bonchev–Trinajstić information content (AvgIpc) is 2.22. The van der Waals surface area contributed by atoms with Gasteiger partial charge < -0.3 is 4.90 Å². The van der Waals surface area contributed by atoms with Gasteiger partial charge in [0.25, 0.3) is 0 Å². The van der Waals surface area contributed by atoms with Gasteiger partial charge in [-0.25, -0.2) is 4.99 Å². The Morgan fingerprint density at radius 2 is 2.00 bits per heavy atom. The van der Waals surface area contributed by atoms with Gasteiger partial charge in [0.05, 0.1) is 6.54 Å². The van der Waals surface area contributed by atoms with E-state index in [0.717, 1.165) is 12.4 Å². The zero-order chi connectivity index (χ0) is 11.8. The molecular formula is C12H23N3. The van der Waals surface area contributed by atoms with Crippen molar-refractivity contribution >= 4 is 12.1 Å². The van der Waals surface area contributed by atoms with E-state index in [0.29, 0.717) is 5.92 Å². The molecular weight excluding hydrogens is 186 g/mol. The molecule has 0 rings (SSSR count). The number of nitrogens with zero attached hydrogens (tertiary/aromatic N) is 3. The van der Waals surface area contributed by atoms with Crippen LogP contribution in [0.4, 0.5) is 0 Å². The molecule has 0 aromatic carbocycles. The van der Waals surface area contributed by atoms with Crippen LogP contribution in [0.1, 0.15) is 27.7 Å². The SMILES string of the molecule is C/C=C(/C)N(C)CC(N=CC(C)C)=NC. The summed E-state index contributed by atoms with van der Waals surface area (Å²) in [6, 6.07) is 0. The second-order valence-corrected chi connectivity index (χ2v) is 3.95. The second kappa shape index (κ2) is 7.21. The van der Waals surface area contributed by atoms with Crippen molar-refractivity contribution in [2.75, 3.05) is 20.6 Å². The van der Waals surface area contributed by atoms with Crippen LogP contribution in [0.2, 0.25) is 0 Å². The quantitative estimate of drug-likeness (QED) is 0.516. The largest absolute Gasteiger partial charge is 0.371 e. The maximum absolute atomic E-state index is 4.35. The molecule has 0 fully saturated rings. The Morgan fingerprint density at radius 3 is 2.40 bits per heavy atom. The van der Waals surface area contributed by atoms with Crippen molar-refractivity contribution in [3.8, 4) is 0 Å². The van der Waals surface area contributed by atoms with E-state index in [4.69, 9.17) is 0 Å². The lowest BCUT2D eigenvalue weighted by atomic mass is 10.2. The highest BCUT2D eigenvalue weighted by Crippen LogP contribution is 2.00. The first-order valence-corrected chi connectivity index (χ1v) is 5.35. The highest BCUT2D eigenvalue weighted by molar-refractivity contribution is 5.91. The van der Waals surface area contributed by atoms with Crippen molar-refractivity contribution in [2.24, 2.45) is 15.9 Å². The van der Waals surface area contributed by atoms with Crippen LogP contribution in [0.25, 0.3) is 0 Å². The zero-order valence-electron chi connectivity index (χ0n) is 10.8. The minimum atomic E-state index is 0.467. The second-order valence-electron chi connectivity index (χ2n) is 3.95. The fourth-order valence-electron chi connectivity index (χ4n) is 0.962. The molecule has 0 aliphatic heterocycles. The number of likely N-dealkylation sites (N-methyl/N-ethyl adjacent to an activating group) is 1. The smallest absolute Gasteiger partial charge is 0.142 e. The minimum absolute atomic E-state index is 0.467. The first kappa shape index (κ1) is 13.9. The molecule has 0 aromatic rings. The van der Waals surface area contributed by atoms with Crippen LogP contribution in [-0.2, 0) is 0 Å². The van der Waals surface area contributed by atoms with E-state index in [9.17, 15) is 0 Å². The molecule has 0 saturated carbocycles. The lowest BCUT2D eigenvalue weighted by molar-refractivity contribution is 0.476. The van der Waals surface area contributed by atoms with Gasteiger partial charge in [0.2, 0.25) is 0 Å². The van der Waals surface area contributed by atoms with Gasteiger partial charge in [-0.2, -0.15) is 0 Å². The molecule has 0 spiro atoms. The third-order valence-corrected chi connectivity index (χ3v) is 2.18. The third-order valence-electron chi connectivity index (χ3n) is 2.18. The van der Waals surface area contributed by atoms with Crippen molar-refractivity contribution in [1.82, 2.24) is 4.90 Å². The van der Waals surface area contributed by atoms with Gasteiger partial charge in [-0.3, -0.25) is 4.99 Å². The van der Waals surface area contributed by atoms with Gasteiger partial charge in [-0.1, -0.05) is 19.9 Å². The van der Waals surface area contributed by atoms with Crippen LogP contribution in [-0.4, -0.2) is 37.6 Å². The summed E-state index contributed by atoms with van der Waals surface area (Å²) in [6.07, 6.45) is 4.01. The molecule has 0 radical (unpaired) electrons. The highest BCUT2D eigenvalue weighted by Gasteiger charge is 2.02. The Hall–Kier alpha value is -1.12. The van der Waals surface area contributed by atoms with Gasteiger partial charge in [-0.05, 0) is 19.8 Å². The van der Waals surface area contributed by atoms with Crippen molar-refractivity contribution in [1.29, 1.82) is 0 Å². The normalized spacial score (nSPS) is 14.1. The summed E-state index contributed by atoms with van der Waals surface area (Å²) < 4.78 is 0. The Morgan fingerprint density at radius 1 is 1.40 bits per heavy atom. The topological polar surface area (TPSA) is 28.0 Å². The molecule has 0 N–H and O–H groups in total. The number of aliphatic imine (C=N–C) groups is 2. The molecule has 15 heavy (non-hydrogen) atoms. The number of allylic oxidation sites excluding steroid dienone is 2. The molecule has 0 saturated heterocycles. The molecule has 0 aromatic heterocycles. The van der Waals surface area contributed by atoms with Gasteiger partial charge in [0.1, 0.15) is 5.84 Å². The number of hydrogen-bond donors (Lipinski definition) is 0. The summed E-state index contributed by atoms with van der Waals surface area (Å²) >= 11 is 0. The molecule has 0 unspecified atom stereocenters. The maximum atomic E-state index is 4.35. The lowest BCUT2D eigenvalue weighted by Crippen LogP contribution is -2.23. The Labute approximate surface area is 93.6 Å². The Bertz CT molecular complexity index is 262. The molecule has 3 nitrogen and oxygen atoms in total. The predicted molar refractivity (Wildman–Crippen MR) is 68.8 cm³/mol. The van der Waals surface area contributed by atoms with E-state index >= 15 is 0 Å². The molecule has 0 bridgehead atoms. The molecule has 0 heterocycles. The number of amidine groups is 1. The van der Waals surface area contributed by atoms with Gasteiger partial charge in [-0.15, -0.1) is 0 Å². The number of rotatable bonds is 4. The molecule has 0 amide bonds. The fourth-order valence-corrected chi connectivity index (χ4v) is 0.962. The molecule has 3 heteroatoms. The minimum Gasteiger partial charge on any atom is -0.371 e. The van der Waals surface area contributed by atoms with E-state index in [2.05, 4.69) is 41.7 Å². The van der Waals surface area contributed by atoms with Crippen molar-refractivity contribution in [3.05, 3.63) is 11.8 Å². The van der Waals surface area contributed by atoms with Crippen LogP contribution in [0.5, 0.6) is 0 Å². The van der Waals surface area contributed by atoms with Crippen molar-refractivity contribution in [3.63, 3.8) is 0 Å². The summed E-state index contributed by atoms with van der Waals surface area (Å²) in [4.78, 5) is 10.7. The third kappa shape index (κ3) is 6.05. The number of hydrogen-bond acceptors (Lipinski definition) is 2. The van der Waals surface area contributed by atoms with Crippen LogP contribution in [0, 0.1) is 5.92 Å².